The van der Waals surface area contributed by atoms with Crippen LogP contribution in [-0.4, -0.2) is 40.3 Å². The third-order valence-corrected chi connectivity index (χ3v) is 7.07. The highest BCUT2D eigenvalue weighted by atomic mass is 32.2. The first kappa shape index (κ1) is 17.1. The molecule has 1 aromatic rings. The number of aryl methyl sites for hydroxylation is 2. The molecule has 3 nitrogen and oxygen atoms in total. The van der Waals surface area contributed by atoms with Crippen LogP contribution in [0.1, 0.15) is 41.9 Å². The number of nitrogens with zero attached hydrogens (tertiary/aromatic N) is 2. The Morgan fingerprint density at radius 3 is 2.38 bits per heavy atom. The molecule has 0 amide bonds. The predicted molar refractivity (Wildman–Crippen MR) is 95.4 cm³/mol. The second kappa shape index (κ2) is 7.84. The van der Waals surface area contributed by atoms with E-state index < -0.39 is 0 Å². The summed E-state index contributed by atoms with van der Waals surface area (Å²) in [4.78, 5) is 9.71. The van der Waals surface area contributed by atoms with Gasteiger partial charge in [-0.15, -0.1) is 11.8 Å². The standard InChI is InChI=1S/C16H27N3S2/c1-10(9-17-5)8-14-11(2)18-16(19-12(14)3)15-13(4)20-6-7-21-15/h10,13,15,17H,6-9H2,1-5H3. The molecular formula is C16H27N3S2. The maximum Gasteiger partial charge on any atom is 0.142 e. The molecule has 21 heavy (non-hydrogen) atoms. The molecule has 118 valence electrons. The average molecular weight is 326 g/mol. The van der Waals surface area contributed by atoms with Crippen LogP contribution < -0.4 is 5.32 Å². The van der Waals surface area contributed by atoms with Gasteiger partial charge in [0, 0.05) is 28.1 Å². The minimum Gasteiger partial charge on any atom is -0.319 e. The molecule has 0 aliphatic carbocycles. The Kier molecular flexibility index (Phi) is 6.38. The van der Waals surface area contributed by atoms with Crippen molar-refractivity contribution in [3.8, 4) is 0 Å². The lowest BCUT2D eigenvalue weighted by atomic mass is 9.98. The lowest BCUT2D eigenvalue weighted by Gasteiger charge is -2.27. The molecule has 0 aromatic carbocycles. The van der Waals surface area contributed by atoms with E-state index in [1.54, 1.807) is 0 Å². The summed E-state index contributed by atoms with van der Waals surface area (Å²) in [6.45, 7) is 9.90. The van der Waals surface area contributed by atoms with Crippen LogP contribution in [0.5, 0.6) is 0 Å². The first-order valence-corrected chi connectivity index (χ1v) is 9.84. The van der Waals surface area contributed by atoms with E-state index in [9.17, 15) is 0 Å². The monoisotopic (exact) mass is 325 g/mol. The van der Waals surface area contributed by atoms with Crippen molar-refractivity contribution < 1.29 is 0 Å². The molecule has 0 radical (unpaired) electrons. The zero-order chi connectivity index (χ0) is 15.4. The zero-order valence-electron chi connectivity index (χ0n) is 13.8. The van der Waals surface area contributed by atoms with Crippen LogP contribution in [0.15, 0.2) is 0 Å². The maximum absolute atomic E-state index is 4.86. The first-order chi connectivity index (χ1) is 10.0. The summed E-state index contributed by atoms with van der Waals surface area (Å²) in [6, 6.07) is 0. The van der Waals surface area contributed by atoms with Gasteiger partial charge >= 0.3 is 0 Å². The molecule has 1 aliphatic heterocycles. The van der Waals surface area contributed by atoms with Crippen LogP contribution >= 0.6 is 23.5 Å². The van der Waals surface area contributed by atoms with E-state index in [-0.39, 0.29) is 0 Å². The van der Waals surface area contributed by atoms with Crippen LogP contribution in [0.4, 0.5) is 0 Å². The first-order valence-electron chi connectivity index (χ1n) is 7.74. The third-order valence-electron chi connectivity index (χ3n) is 3.99. The molecule has 2 heterocycles. The smallest absolute Gasteiger partial charge is 0.142 e. The van der Waals surface area contributed by atoms with Crippen molar-refractivity contribution in [2.75, 3.05) is 25.1 Å². The van der Waals surface area contributed by atoms with E-state index in [0.29, 0.717) is 16.4 Å². The third kappa shape index (κ3) is 4.36. The number of thioether (sulfide) groups is 2. The summed E-state index contributed by atoms with van der Waals surface area (Å²) in [6.07, 6.45) is 1.06. The Labute approximate surface area is 137 Å². The molecule has 2 rings (SSSR count). The van der Waals surface area contributed by atoms with Crippen LogP contribution in [0.25, 0.3) is 0 Å². The van der Waals surface area contributed by atoms with Gasteiger partial charge in [-0.1, -0.05) is 13.8 Å². The Morgan fingerprint density at radius 2 is 1.81 bits per heavy atom. The summed E-state index contributed by atoms with van der Waals surface area (Å²) in [5, 5.41) is 4.31. The second-order valence-electron chi connectivity index (χ2n) is 5.97. The molecule has 1 fully saturated rings. The van der Waals surface area contributed by atoms with Crippen molar-refractivity contribution in [3.05, 3.63) is 22.8 Å². The zero-order valence-corrected chi connectivity index (χ0v) is 15.4. The number of nitrogens with one attached hydrogen (secondary N) is 1. The van der Waals surface area contributed by atoms with E-state index in [4.69, 9.17) is 9.97 Å². The summed E-state index contributed by atoms with van der Waals surface area (Å²) in [5.41, 5.74) is 3.68. The molecule has 5 heteroatoms. The number of hydrogen-bond acceptors (Lipinski definition) is 5. The minimum atomic E-state index is 0.449. The molecule has 1 aromatic heterocycles. The molecule has 1 N–H and O–H groups in total. The van der Waals surface area contributed by atoms with Gasteiger partial charge in [0.05, 0.1) is 5.25 Å². The highest BCUT2D eigenvalue weighted by Gasteiger charge is 2.27. The van der Waals surface area contributed by atoms with Gasteiger partial charge in [0.25, 0.3) is 0 Å². The second-order valence-corrected chi connectivity index (χ2v) is 8.70. The molecule has 0 saturated carbocycles. The van der Waals surface area contributed by atoms with Crippen molar-refractivity contribution in [2.45, 2.75) is 44.6 Å². The highest BCUT2D eigenvalue weighted by Crippen LogP contribution is 2.41. The van der Waals surface area contributed by atoms with Crippen molar-refractivity contribution in [1.82, 2.24) is 15.3 Å². The van der Waals surface area contributed by atoms with Gasteiger partial charge in [-0.05, 0) is 45.3 Å². The van der Waals surface area contributed by atoms with E-state index in [0.717, 1.165) is 18.8 Å². The maximum atomic E-state index is 4.86. The lowest BCUT2D eigenvalue weighted by Crippen LogP contribution is -2.21. The molecule has 1 saturated heterocycles. The summed E-state index contributed by atoms with van der Waals surface area (Å²) < 4.78 is 0. The van der Waals surface area contributed by atoms with Crippen molar-refractivity contribution >= 4 is 23.5 Å². The normalized spacial score (nSPS) is 24.0. The fourth-order valence-corrected chi connectivity index (χ4v) is 5.56. The van der Waals surface area contributed by atoms with Gasteiger partial charge in [-0.25, -0.2) is 9.97 Å². The van der Waals surface area contributed by atoms with Gasteiger partial charge in [0.2, 0.25) is 0 Å². The fourth-order valence-electron chi connectivity index (χ4n) is 2.87. The Bertz CT molecular complexity index is 456. The molecule has 3 unspecified atom stereocenters. The number of hydrogen-bond donors (Lipinski definition) is 1. The highest BCUT2D eigenvalue weighted by molar-refractivity contribution is 8.06. The molecule has 0 bridgehead atoms. The van der Waals surface area contributed by atoms with Gasteiger partial charge in [0.1, 0.15) is 5.82 Å². The average Bonchev–Trinajstić information content (AvgIpc) is 2.43. The van der Waals surface area contributed by atoms with Crippen molar-refractivity contribution in [2.24, 2.45) is 5.92 Å². The Morgan fingerprint density at radius 1 is 1.19 bits per heavy atom. The Balaban J connectivity index is 2.20. The fraction of sp³-hybridized carbons (Fsp3) is 0.750. The van der Waals surface area contributed by atoms with Crippen molar-refractivity contribution in [3.63, 3.8) is 0 Å². The number of rotatable bonds is 5. The predicted octanol–water partition coefficient (Wildman–Crippen LogP) is 3.40. The van der Waals surface area contributed by atoms with Crippen molar-refractivity contribution in [1.29, 1.82) is 0 Å². The van der Waals surface area contributed by atoms with Gasteiger partial charge in [-0.2, -0.15) is 11.8 Å². The molecule has 3 atom stereocenters. The van der Waals surface area contributed by atoms with E-state index in [1.165, 1.54) is 28.5 Å². The SMILES string of the molecule is CNCC(C)Cc1c(C)nc(C2SCCSC2C)nc1C. The van der Waals surface area contributed by atoms with Crippen LogP contribution in [0.2, 0.25) is 0 Å². The van der Waals surface area contributed by atoms with E-state index in [2.05, 4.69) is 33.0 Å². The van der Waals surface area contributed by atoms with E-state index >= 15 is 0 Å². The summed E-state index contributed by atoms with van der Waals surface area (Å²) in [5.74, 6) is 4.11. The van der Waals surface area contributed by atoms with Gasteiger partial charge < -0.3 is 5.32 Å². The van der Waals surface area contributed by atoms with Crippen LogP contribution in [0, 0.1) is 19.8 Å². The largest absolute Gasteiger partial charge is 0.319 e. The van der Waals surface area contributed by atoms with Gasteiger partial charge in [0.15, 0.2) is 0 Å². The molecular weight excluding hydrogens is 298 g/mol. The van der Waals surface area contributed by atoms with Crippen LogP contribution in [-0.2, 0) is 6.42 Å². The molecule has 1 aliphatic rings. The molecule has 0 spiro atoms. The topological polar surface area (TPSA) is 37.8 Å². The lowest BCUT2D eigenvalue weighted by molar-refractivity contribution is 0.536. The summed E-state index contributed by atoms with van der Waals surface area (Å²) in [7, 11) is 2.01. The van der Waals surface area contributed by atoms with E-state index in [1.807, 2.05) is 30.6 Å². The quantitative estimate of drug-likeness (QED) is 0.898. The minimum absolute atomic E-state index is 0.449. The van der Waals surface area contributed by atoms with Crippen LogP contribution in [0.3, 0.4) is 0 Å². The summed E-state index contributed by atoms with van der Waals surface area (Å²) >= 11 is 4.06. The Hall–Kier alpha value is -0.260. The van der Waals surface area contributed by atoms with Gasteiger partial charge in [-0.3, -0.25) is 0 Å². The number of aromatic nitrogens is 2.